The lowest BCUT2D eigenvalue weighted by Gasteiger charge is -2.19. The lowest BCUT2D eigenvalue weighted by molar-refractivity contribution is 0.578. The van der Waals surface area contributed by atoms with Gasteiger partial charge in [-0.25, -0.2) is 4.98 Å². The smallest absolute Gasteiger partial charge is 0.226 e. The van der Waals surface area contributed by atoms with Gasteiger partial charge in [-0.05, 0) is 42.0 Å². The maximum absolute atomic E-state index is 6.41. The van der Waals surface area contributed by atoms with Crippen molar-refractivity contribution < 1.29 is 4.74 Å². The molecule has 1 atom stereocenters. The fourth-order valence-electron chi connectivity index (χ4n) is 2.32. The first kappa shape index (κ1) is 20.8. The average molecular weight is 478 g/mol. The number of hydrogen-bond acceptors (Lipinski definition) is 4. The number of ether oxygens (including phenoxy) is 1. The fraction of sp³-hybridized carbons (Fsp3) is 0.111. The number of halogens is 4. The molecule has 0 spiro atoms. The van der Waals surface area contributed by atoms with Crippen molar-refractivity contribution in [3.05, 3.63) is 80.8 Å². The van der Waals surface area contributed by atoms with Gasteiger partial charge in [-0.15, -0.1) is 0 Å². The van der Waals surface area contributed by atoms with Crippen molar-refractivity contribution in [3.8, 4) is 5.75 Å². The van der Waals surface area contributed by atoms with Gasteiger partial charge in [0.05, 0.1) is 21.6 Å². The van der Waals surface area contributed by atoms with Gasteiger partial charge in [0.1, 0.15) is 5.75 Å². The number of hydrogen-bond donors (Lipinski definition) is 0. The summed E-state index contributed by atoms with van der Waals surface area (Å²) in [5.74, 6) is 0.519. The molecule has 0 fully saturated rings. The molecule has 3 nitrogen and oxygen atoms in total. The van der Waals surface area contributed by atoms with Crippen LogP contribution in [0.4, 0.5) is 0 Å². The number of benzene rings is 2. The molecule has 9 heteroatoms. The summed E-state index contributed by atoms with van der Waals surface area (Å²) in [4.78, 5) is 4.08. The Labute approximate surface area is 186 Å². The van der Waals surface area contributed by atoms with Crippen molar-refractivity contribution in [1.29, 1.82) is 0 Å². The molecule has 1 heterocycles. The molecule has 2 aromatic carbocycles. The number of thiocarbonyl (C=S) groups is 1. The van der Waals surface area contributed by atoms with Gasteiger partial charge < -0.3 is 9.30 Å². The summed E-state index contributed by atoms with van der Waals surface area (Å²) in [6.45, 7) is 0.608. The Morgan fingerprint density at radius 2 is 1.89 bits per heavy atom. The Bertz CT molecular complexity index is 951. The normalized spacial score (nSPS) is 12.0. The van der Waals surface area contributed by atoms with E-state index in [1.807, 2.05) is 16.8 Å². The van der Waals surface area contributed by atoms with Gasteiger partial charge >= 0.3 is 0 Å². The van der Waals surface area contributed by atoms with E-state index < -0.39 is 0 Å². The Morgan fingerprint density at radius 1 is 1.07 bits per heavy atom. The van der Waals surface area contributed by atoms with Crippen LogP contribution in [-0.2, 0) is 6.54 Å². The van der Waals surface area contributed by atoms with Crippen molar-refractivity contribution in [2.75, 3.05) is 0 Å². The van der Waals surface area contributed by atoms with Gasteiger partial charge in [0.25, 0.3) is 0 Å². The predicted molar refractivity (Wildman–Crippen MR) is 119 cm³/mol. The van der Waals surface area contributed by atoms with Gasteiger partial charge in [-0.2, -0.15) is 0 Å². The van der Waals surface area contributed by atoms with E-state index in [1.165, 1.54) is 11.8 Å². The summed E-state index contributed by atoms with van der Waals surface area (Å²) in [6, 6.07) is 10.4. The maximum Gasteiger partial charge on any atom is 0.226 e. The van der Waals surface area contributed by atoms with E-state index in [9.17, 15) is 0 Å². The van der Waals surface area contributed by atoms with Crippen LogP contribution < -0.4 is 4.74 Å². The molecule has 0 aliphatic carbocycles. The first-order valence-corrected chi connectivity index (χ1v) is 10.5. The van der Waals surface area contributed by atoms with E-state index in [2.05, 4.69) is 4.98 Å². The van der Waals surface area contributed by atoms with Gasteiger partial charge in [-0.1, -0.05) is 64.2 Å². The lowest BCUT2D eigenvalue weighted by Crippen LogP contribution is -2.10. The van der Waals surface area contributed by atoms with E-state index in [0.717, 1.165) is 5.56 Å². The quantitative estimate of drug-likeness (QED) is 0.359. The summed E-state index contributed by atoms with van der Waals surface area (Å²) in [7, 11) is 0. The van der Waals surface area contributed by atoms with Crippen LogP contribution in [0.5, 0.6) is 5.75 Å². The maximum atomic E-state index is 6.41. The standard InChI is InChI=1S/C18H12Cl4N2OS2/c19-11-1-3-13(15(21)7-11)17(9-24-6-5-23-10-24)27-18(26)25-12-2-4-14(20)16(22)8-12/h1-8,10,17H,9H2. The van der Waals surface area contributed by atoms with Crippen molar-refractivity contribution in [1.82, 2.24) is 9.55 Å². The Balaban J connectivity index is 1.79. The monoisotopic (exact) mass is 476 g/mol. The predicted octanol–water partition coefficient (Wildman–Crippen LogP) is 7.34. The second-order valence-electron chi connectivity index (χ2n) is 5.46. The Kier molecular flexibility index (Phi) is 7.31. The molecule has 140 valence electrons. The largest absolute Gasteiger partial charge is 0.440 e. The van der Waals surface area contributed by atoms with E-state index in [0.29, 0.717) is 36.8 Å². The van der Waals surface area contributed by atoms with E-state index in [-0.39, 0.29) is 5.25 Å². The third-order valence-corrected chi connectivity index (χ3v) is 6.21. The van der Waals surface area contributed by atoms with Crippen LogP contribution in [-0.4, -0.2) is 13.9 Å². The second-order valence-corrected chi connectivity index (χ2v) is 8.92. The minimum atomic E-state index is -0.0979. The second kappa shape index (κ2) is 9.50. The zero-order chi connectivity index (χ0) is 19.4. The molecule has 0 aliphatic rings. The zero-order valence-corrected chi connectivity index (χ0v) is 18.3. The van der Waals surface area contributed by atoms with Crippen LogP contribution in [0, 0.1) is 0 Å². The third-order valence-electron chi connectivity index (χ3n) is 3.58. The highest BCUT2D eigenvalue weighted by atomic mass is 35.5. The number of thioether (sulfide) groups is 1. The molecular weight excluding hydrogens is 466 g/mol. The van der Waals surface area contributed by atoms with Crippen LogP contribution in [0.3, 0.4) is 0 Å². The van der Waals surface area contributed by atoms with Crippen LogP contribution >= 0.6 is 70.4 Å². The average Bonchev–Trinajstić information content (AvgIpc) is 3.11. The SMILES string of the molecule is S=C(Oc1ccc(Cl)c(Cl)c1)SC(Cn1ccnc1)c1ccc(Cl)cc1Cl. The minimum absolute atomic E-state index is 0.0979. The van der Waals surface area contributed by atoms with Crippen LogP contribution in [0.2, 0.25) is 20.1 Å². The fourth-order valence-corrected chi connectivity index (χ4v) is 4.62. The number of aromatic nitrogens is 2. The van der Waals surface area contributed by atoms with E-state index >= 15 is 0 Å². The molecule has 0 saturated heterocycles. The highest BCUT2D eigenvalue weighted by Gasteiger charge is 2.20. The van der Waals surface area contributed by atoms with Gasteiger partial charge in [-0.3, -0.25) is 0 Å². The van der Waals surface area contributed by atoms with E-state index in [1.54, 1.807) is 42.9 Å². The highest BCUT2D eigenvalue weighted by molar-refractivity contribution is 8.22. The van der Waals surface area contributed by atoms with Crippen molar-refractivity contribution >= 4 is 74.8 Å². The molecule has 1 unspecified atom stereocenters. The molecule has 0 bridgehead atoms. The van der Waals surface area contributed by atoms with Crippen molar-refractivity contribution in [2.45, 2.75) is 11.8 Å². The molecule has 27 heavy (non-hydrogen) atoms. The molecular formula is C18H12Cl4N2OS2. The molecule has 0 radical (unpaired) electrons. The van der Waals surface area contributed by atoms with Gasteiger partial charge in [0.2, 0.25) is 4.38 Å². The highest BCUT2D eigenvalue weighted by Crippen LogP contribution is 2.38. The van der Waals surface area contributed by atoms with Crippen LogP contribution in [0.1, 0.15) is 10.8 Å². The first-order valence-electron chi connectivity index (χ1n) is 7.66. The third kappa shape index (κ3) is 5.76. The van der Waals surface area contributed by atoms with Gasteiger partial charge in [0.15, 0.2) is 0 Å². The summed E-state index contributed by atoms with van der Waals surface area (Å²) < 4.78 is 8.03. The van der Waals surface area contributed by atoms with Crippen molar-refractivity contribution in [3.63, 3.8) is 0 Å². The number of imidazole rings is 1. The van der Waals surface area contributed by atoms with E-state index in [4.69, 9.17) is 63.4 Å². The molecule has 0 N–H and O–H groups in total. The molecule has 0 saturated carbocycles. The van der Waals surface area contributed by atoms with Gasteiger partial charge in [0, 0.05) is 35.1 Å². The van der Waals surface area contributed by atoms with Crippen molar-refractivity contribution in [2.24, 2.45) is 0 Å². The Hall–Kier alpha value is -0.950. The molecule has 0 aliphatic heterocycles. The number of nitrogens with zero attached hydrogens (tertiary/aromatic N) is 2. The molecule has 3 rings (SSSR count). The molecule has 0 amide bonds. The molecule has 3 aromatic rings. The molecule has 1 aromatic heterocycles. The summed E-state index contributed by atoms with van der Waals surface area (Å²) in [5.41, 5.74) is 0.903. The Morgan fingerprint density at radius 3 is 2.56 bits per heavy atom. The zero-order valence-electron chi connectivity index (χ0n) is 13.6. The van der Waals surface area contributed by atoms with Crippen LogP contribution in [0.15, 0.2) is 55.1 Å². The summed E-state index contributed by atoms with van der Waals surface area (Å²) in [6.07, 6.45) is 5.33. The van der Waals surface area contributed by atoms with Crippen LogP contribution in [0.25, 0.3) is 0 Å². The topological polar surface area (TPSA) is 27.1 Å². The number of rotatable bonds is 5. The summed E-state index contributed by atoms with van der Waals surface area (Å²) in [5, 5.41) is 1.90. The lowest BCUT2D eigenvalue weighted by atomic mass is 10.1. The summed E-state index contributed by atoms with van der Waals surface area (Å²) >= 11 is 31.2. The minimum Gasteiger partial charge on any atom is -0.440 e. The first-order chi connectivity index (χ1) is 12.9.